The van der Waals surface area contributed by atoms with Gasteiger partial charge in [-0.3, -0.25) is 4.79 Å². The molecule has 6 nitrogen and oxygen atoms in total. The standard InChI is InChI=1S/C8H10O6/c9-6(10)3-5-1-2-7(11,12)8(13,14)4-5/h1-2,4,11-14H,3H2,(H,9,10). The summed E-state index contributed by atoms with van der Waals surface area (Å²) in [5.41, 5.74) is 0.0845. The molecule has 0 bridgehead atoms. The largest absolute Gasteiger partial charge is 0.481 e. The Hall–Kier alpha value is -1.21. The molecule has 0 unspecified atom stereocenters. The number of carboxylic acid groups (broad SMARTS) is 1. The fraction of sp³-hybridized carbons (Fsp3) is 0.375. The lowest BCUT2D eigenvalue weighted by Gasteiger charge is -2.33. The summed E-state index contributed by atoms with van der Waals surface area (Å²) in [7, 11) is 0. The summed E-state index contributed by atoms with van der Waals surface area (Å²) in [5, 5.41) is 44.7. The summed E-state index contributed by atoms with van der Waals surface area (Å²) in [4.78, 5) is 10.3. The van der Waals surface area contributed by atoms with Gasteiger partial charge in [-0.25, -0.2) is 0 Å². The topological polar surface area (TPSA) is 118 Å². The molecular formula is C8H10O6. The highest BCUT2D eigenvalue weighted by atomic mass is 16.6. The van der Waals surface area contributed by atoms with Crippen LogP contribution in [0.1, 0.15) is 6.42 Å². The van der Waals surface area contributed by atoms with Gasteiger partial charge in [-0.05, 0) is 17.7 Å². The molecule has 5 N–H and O–H groups in total. The summed E-state index contributed by atoms with van der Waals surface area (Å²) >= 11 is 0. The first-order valence-electron chi connectivity index (χ1n) is 3.77. The van der Waals surface area contributed by atoms with Crippen molar-refractivity contribution >= 4 is 5.97 Å². The lowest BCUT2D eigenvalue weighted by atomic mass is 9.94. The Morgan fingerprint density at radius 3 is 2.21 bits per heavy atom. The van der Waals surface area contributed by atoms with Crippen LogP contribution in [0.5, 0.6) is 0 Å². The van der Waals surface area contributed by atoms with Crippen LogP contribution in [0.15, 0.2) is 23.8 Å². The van der Waals surface area contributed by atoms with Gasteiger partial charge in [-0.2, -0.15) is 0 Å². The number of rotatable bonds is 2. The van der Waals surface area contributed by atoms with Gasteiger partial charge in [0.15, 0.2) is 0 Å². The van der Waals surface area contributed by atoms with E-state index in [9.17, 15) is 4.79 Å². The molecule has 0 aromatic carbocycles. The number of hydrogen-bond acceptors (Lipinski definition) is 5. The molecule has 0 aromatic rings. The zero-order valence-electron chi connectivity index (χ0n) is 7.08. The molecule has 0 fully saturated rings. The molecule has 0 saturated heterocycles. The van der Waals surface area contributed by atoms with E-state index < -0.39 is 24.0 Å². The van der Waals surface area contributed by atoms with Crippen LogP contribution in [0.25, 0.3) is 0 Å². The number of hydrogen-bond donors (Lipinski definition) is 5. The SMILES string of the molecule is O=C(O)CC1=CC(O)(O)C(O)(O)C=C1. The van der Waals surface area contributed by atoms with Crippen LogP contribution in [0, 0.1) is 0 Å². The minimum Gasteiger partial charge on any atom is -0.481 e. The van der Waals surface area contributed by atoms with Gasteiger partial charge in [0.25, 0.3) is 0 Å². The van der Waals surface area contributed by atoms with Gasteiger partial charge in [0, 0.05) is 0 Å². The van der Waals surface area contributed by atoms with E-state index in [1.807, 2.05) is 0 Å². The van der Waals surface area contributed by atoms with Crippen LogP contribution in [-0.2, 0) is 4.79 Å². The molecule has 1 aliphatic carbocycles. The predicted molar refractivity (Wildman–Crippen MR) is 43.8 cm³/mol. The van der Waals surface area contributed by atoms with Crippen LogP contribution in [0.2, 0.25) is 0 Å². The van der Waals surface area contributed by atoms with Gasteiger partial charge in [0.05, 0.1) is 6.42 Å². The Morgan fingerprint density at radius 1 is 1.21 bits per heavy atom. The molecule has 6 heteroatoms. The maximum atomic E-state index is 10.3. The summed E-state index contributed by atoms with van der Waals surface area (Å²) in [5.74, 6) is -6.82. The lowest BCUT2D eigenvalue weighted by Crippen LogP contribution is -2.53. The average molecular weight is 202 g/mol. The molecule has 78 valence electrons. The zero-order chi connectivity index (χ0) is 11.0. The molecule has 0 amide bonds. The van der Waals surface area contributed by atoms with E-state index in [-0.39, 0.29) is 5.57 Å². The van der Waals surface area contributed by atoms with Crippen molar-refractivity contribution in [1.82, 2.24) is 0 Å². The molecule has 0 radical (unpaired) electrons. The summed E-state index contributed by atoms with van der Waals surface area (Å²) in [6.45, 7) is 0. The van der Waals surface area contributed by atoms with Gasteiger partial charge in [0.2, 0.25) is 11.6 Å². The maximum absolute atomic E-state index is 10.3. The fourth-order valence-corrected chi connectivity index (χ4v) is 1.04. The van der Waals surface area contributed by atoms with Crippen molar-refractivity contribution in [2.75, 3.05) is 0 Å². The number of allylic oxidation sites excluding steroid dienone is 1. The Bertz CT molecular complexity index is 312. The van der Waals surface area contributed by atoms with Gasteiger partial charge in [0.1, 0.15) is 0 Å². The van der Waals surface area contributed by atoms with Gasteiger partial charge in [-0.1, -0.05) is 6.08 Å². The van der Waals surface area contributed by atoms with Gasteiger partial charge in [-0.15, -0.1) is 0 Å². The first-order chi connectivity index (χ1) is 6.24. The molecule has 0 saturated carbocycles. The van der Waals surface area contributed by atoms with Crippen molar-refractivity contribution in [2.24, 2.45) is 0 Å². The highest BCUT2D eigenvalue weighted by Crippen LogP contribution is 2.27. The van der Waals surface area contributed by atoms with Crippen LogP contribution in [-0.4, -0.2) is 43.1 Å². The summed E-state index contributed by atoms with van der Waals surface area (Å²) < 4.78 is 0. The average Bonchev–Trinajstić information content (AvgIpc) is 1.96. The van der Waals surface area contributed by atoms with E-state index >= 15 is 0 Å². The zero-order valence-corrected chi connectivity index (χ0v) is 7.08. The van der Waals surface area contributed by atoms with E-state index in [1.165, 1.54) is 0 Å². The Labute approximate surface area is 79.0 Å². The molecule has 0 aliphatic heterocycles. The minimum atomic E-state index is -2.87. The van der Waals surface area contributed by atoms with E-state index in [4.69, 9.17) is 25.5 Å². The van der Waals surface area contributed by atoms with Crippen LogP contribution >= 0.6 is 0 Å². The highest BCUT2D eigenvalue weighted by molar-refractivity contribution is 5.71. The van der Waals surface area contributed by atoms with E-state index in [1.54, 1.807) is 0 Å². The number of carbonyl (C=O) groups is 1. The quantitative estimate of drug-likeness (QED) is 0.341. The van der Waals surface area contributed by atoms with Crippen molar-refractivity contribution in [1.29, 1.82) is 0 Å². The molecule has 1 aliphatic rings. The maximum Gasteiger partial charge on any atom is 0.307 e. The van der Waals surface area contributed by atoms with E-state index in [0.717, 1.165) is 6.08 Å². The number of aliphatic hydroxyl groups is 4. The molecule has 0 spiro atoms. The van der Waals surface area contributed by atoms with Crippen molar-refractivity contribution in [3.8, 4) is 0 Å². The third-order valence-electron chi connectivity index (χ3n) is 1.81. The van der Waals surface area contributed by atoms with Crippen molar-refractivity contribution in [3.05, 3.63) is 23.8 Å². The summed E-state index contributed by atoms with van der Waals surface area (Å²) in [6, 6.07) is 0. The molecule has 0 atom stereocenters. The molecule has 14 heavy (non-hydrogen) atoms. The number of aliphatic carboxylic acids is 1. The Kier molecular flexibility index (Phi) is 2.47. The second kappa shape index (κ2) is 3.18. The van der Waals surface area contributed by atoms with Crippen molar-refractivity contribution in [3.63, 3.8) is 0 Å². The number of carboxylic acids is 1. The Balaban J connectivity index is 2.92. The van der Waals surface area contributed by atoms with E-state index in [2.05, 4.69) is 0 Å². The molecule has 0 heterocycles. The molecule has 0 aromatic heterocycles. The summed E-state index contributed by atoms with van der Waals surface area (Å²) in [6.07, 6.45) is 2.08. The predicted octanol–water partition coefficient (Wildman–Crippen LogP) is -1.68. The minimum absolute atomic E-state index is 0.0845. The molecular weight excluding hydrogens is 192 g/mol. The smallest absolute Gasteiger partial charge is 0.307 e. The monoisotopic (exact) mass is 202 g/mol. The third-order valence-corrected chi connectivity index (χ3v) is 1.81. The fourth-order valence-electron chi connectivity index (χ4n) is 1.04. The van der Waals surface area contributed by atoms with E-state index in [0.29, 0.717) is 12.2 Å². The molecule has 1 rings (SSSR count). The van der Waals surface area contributed by atoms with Crippen LogP contribution < -0.4 is 0 Å². The van der Waals surface area contributed by atoms with Crippen LogP contribution in [0.4, 0.5) is 0 Å². The highest BCUT2D eigenvalue weighted by Gasteiger charge is 2.45. The van der Waals surface area contributed by atoms with Gasteiger partial charge >= 0.3 is 5.97 Å². The van der Waals surface area contributed by atoms with Crippen LogP contribution in [0.3, 0.4) is 0 Å². The van der Waals surface area contributed by atoms with Gasteiger partial charge < -0.3 is 25.5 Å². The normalized spacial score (nSPS) is 23.0. The lowest BCUT2D eigenvalue weighted by molar-refractivity contribution is -0.308. The first-order valence-corrected chi connectivity index (χ1v) is 3.77. The third kappa shape index (κ3) is 1.99. The Morgan fingerprint density at radius 2 is 1.79 bits per heavy atom. The van der Waals surface area contributed by atoms with Crippen molar-refractivity contribution < 1.29 is 30.3 Å². The second-order valence-electron chi connectivity index (χ2n) is 3.08. The first kappa shape index (κ1) is 10.9. The van der Waals surface area contributed by atoms with Crippen molar-refractivity contribution in [2.45, 2.75) is 18.0 Å². The second-order valence-corrected chi connectivity index (χ2v) is 3.08.